The molecular formula is C22H22N10OS2. The predicted molar refractivity (Wildman–Crippen MR) is 137 cm³/mol. The van der Waals surface area contributed by atoms with Gasteiger partial charge in [0.15, 0.2) is 28.1 Å². The largest absolute Gasteiger partial charge is 0.308 e. The molecule has 0 saturated carbocycles. The van der Waals surface area contributed by atoms with Crippen LogP contribution in [-0.2, 0) is 0 Å². The summed E-state index contributed by atoms with van der Waals surface area (Å²) in [5, 5.41) is 9.61. The smallest absolute Gasteiger partial charge is 0.187 e. The van der Waals surface area contributed by atoms with Gasteiger partial charge in [0, 0.05) is 24.8 Å². The van der Waals surface area contributed by atoms with Crippen LogP contribution >= 0.6 is 23.5 Å². The highest BCUT2D eigenvalue weighted by atomic mass is 32.2. The van der Waals surface area contributed by atoms with E-state index in [1.165, 1.54) is 23.5 Å². The molecule has 0 radical (unpaired) electrons. The van der Waals surface area contributed by atoms with E-state index in [1.807, 2.05) is 59.5 Å². The first-order valence-corrected chi connectivity index (χ1v) is 12.5. The molecule has 0 aliphatic carbocycles. The second-order valence-corrected chi connectivity index (χ2v) is 7.87. The van der Waals surface area contributed by atoms with Crippen LogP contribution in [0.25, 0.3) is 17.2 Å². The van der Waals surface area contributed by atoms with Gasteiger partial charge in [0.25, 0.3) is 0 Å². The van der Waals surface area contributed by atoms with Crippen molar-refractivity contribution < 1.29 is 4.79 Å². The van der Waals surface area contributed by atoms with Crippen LogP contribution in [0.5, 0.6) is 0 Å². The van der Waals surface area contributed by atoms with E-state index in [2.05, 4.69) is 40.5 Å². The number of carbonyl (C=O) groups excluding carboxylic acids is 1. The Morgan fingerprint density at radius 3 is 2.26 bits per heavy atom. The van der Waals surface area contributed by atoms with Crippen LogP contribution in [0.1, 0.15) is 10.5 Å². The molecule has 0 unspecified atom stereocenters. The van der Waals surface area contributed by atoms with Crippen LogP contribution in [0.15, 0.2) is 83.6 Å². The number of thioether (sulfide) groups is 2. The summed E-state index contributed by atoms with van der Waals surface area (Å²) in [6.07, 6.45) is 11.4. The lowest BCUT2D eigenvalue weighted by Gasteiger charge is -2.00. The van der Waals surface area contributed by atoms with Crippen molar-refractivity contribution >= 4 is 41.3 Å². The number of nitrogens with one attached hydrogen (secondary N) is 1. The normalized spacial score (nSPS) is 9.91. The topological polar surface area (TPSA) is 150 Å². The summed E-state index contributed by atoms with van der Waals surface area (Å²) in [6, 6.07) is 14.7. The Kier molecular flexibility index (Phi) is 10.0. The van der Waals surface area contributed by atoms with Gasteiger partial charge in [-0.25, -0.2) is 30.8 Å². The molecule has 0 aromatic carbocycles. The Labute approximate surface area is 210 Å². The van der Waals surface area contributed by atoms with E-state index in [-0.39, 0.29) is 0 Å². The Morgan fingerprint density at radius 1 is 0.857 bits per heavy atom. The Balaban J connectivity index is 0.000000162. The van der Waals surface area contributed by atoms with Crippen LogP contribution in [0, 0.1) is 0 Å². The minimum Gasteiger partial charge on any atom is -0.308 e. The number of anilines is 1. The quantitative estimate of drug-likeness (QED) is 0.118. The van der Waals surface area contributed by atoms with E-state index in [1.54, 1.807) is 30.7 Å². The van der Waals surface area contributed by atoms with Crippen LogP contribution in [0.4, 0.5) is 5.82 Å². The fourth-order valence-electron chi connectivity index (χ4n) is 2.55. The van der Waals surface area contributed by atoms with Crippen LogP contribution in [-0.4, -0.2) is 58.3 Å². The highest BCUT2D eigenvalue weighted by molar-refractivity contribution is 7.98. The first-order chi connectivity index (χ1) is 17.2. The molecule has 13 heteroatoms. The first-order valence-electron chi connectivity index (χ1n) is 10.1. The maximum absolute atomic E-state index is 10.2. The molecule has 0 aliphatic rings. The number of nitrogens with two attached hydrogens (primary N) is 1. The molecule has 178 valence electrons. The van der Waals surface area contributed by atoms with Gasteiger partial charge in [0.05, 0.1) is 0 Å². The molecule has 0 aliphatic heterocycles. The summed E-state index contributed by atoms with van der Waals surface area (Å²) in [4.78, 5) is 30.4. The second-order valence-electron chi connectivity index (χ2n) is 6.33. The number of hydrazine groups is 1. The van der Waals surface area contributed by atoms with E-state index < -0.39 is 0 Å². The summed E-state index contributed by atoms with van der Waals surface area (Å²) in [5.74, 6) is 6.46. The van der Waals surface area contributed by atoms with Crippen molar-refractivity contribution in [3.05, 3.63) is 79.0 Å². The van der Waals surface area contributed by atoms with Crippen molar-refractivity contribution in [3.8, 4) is 11.5 Å². The Bertz CT molecular complexity index is 1350. The number of rotatable bonds is 5. The van der Waals surface area contributed by atoms with E-state index in [0.29, 0.717) is 23.0 Å². The van der Waals surface area contributed by atoms with Gasteiger partial charge in [-0.2, -0.15) is 0 Å². The molecule has 0 fully saturated rings. The summed E-state index contributed by atoms with van der Waals surface area (Å²) in [5.41, 5.74) is 4.44. The van der Waals surface area contributed by atoms with Gasteiger partial charge < -0.3 is 5.43 Å². The van der Waals surface area contributed by atoms with Gasteiger partial charge in [-0.05, 0) is 48.9 Å². The lowest BCUT2D eigenvalue weighted by molar-refractivity contribution is 0.111. The molecule has 0 saturated heterocycles. The zero-order valence-corrected chi connectivity index (χ0v) is 20.5. The number of fused-ring (bicyclic) bond motifs is 1. The number of carbonyl (C=O) groups is 1. The molecular weight excluding hydrogens is 484 g/mol. The molecule has 5 aromatic rings. The predicted octanol–water partition coefficient (Wildman–Crippen LogP) is 3.29. The maximum Gasteiger partial charge on any atom is 0.187 e. The lowest BCUT2D eigenvalue weighted by Crippen LogP contribution is -2.07. The molecule has 35 heavy (non-hydrogen) atoms. The zero-order chi connectivity index (χ0) is 24.9. The number of hydrogen-bond donors (Lipinski definition) is 2. The number of aromatic nitrogens is 8. The highest BCUT2D eigenvalue weighted by Gasteiger charge is 2.09. The van der Waals surface area contributed by atoms with Gasteiger partial charge in [-0.3, -0.25) is 9.20 Å². The number of hydrogen-bond acceptors (Lipinski definition) is 12. The Morgan fingerprint density at radius 2 is 1.60 bits per heavy atom. The zero-order valence-electron chi connectivity index (χ0n) is 18.9. The van der Waals surface area contributed by atoms with Crippen molar-refractivity contribution in [3.63, 3.8) is 0 Å². The van der Waals surface area contributed by atoms with Crippen LogP contribution in [0.3, 0.4) is 0 Å². The average Bonchev–Trinajstić information content (AvgIpc) is 3.38. The summed E-state index contributed by atoms with van der Waals surface area (Å²) >= 11 is 2.92. The van der Waals surface area contributed by atoms with E-state index in [0.717, 1.165) is 22.3 Å². The third-order valence-electron chi connectivity index (χ3n) is 4.13. The monoisotopic (exact) mass is 506 g/mol. The van der Waals surface area contributed by atoms with Crippen molar-refractivity contribution in [2.75, 3.05) is 17.9 Å². The maximum atomic E-state index is 10.2. The number of nitrogen functional groups attached to an aromatic ring is 1. The van der Waals surface area contributed by atoms with Crippen molar-refractivity contribution in [2.24, 2.45) is 5.84 Å². The molecule has 0 bridgehead atoms. The Hall–Kier alpha value is -3.94. The van der Waals surface area contributed by atoms with Crippen molar-refractivity contribution in [2.45, 2.75) is 10.3 Å². The van der Waals surface area contributed by atoms with Crippen molar-refractivity contribution in [1.82, 2.24) is 39.5 Å². The summed E-state index contributed by atoms with van der Waals surface area (Å²) in [7, 11) is 0. The summed E-state index contributed by atoms with van der Waals surface area (Å²) in [6.45, 7) is 0. The van der Waals surface area contributed by atoms with Gasteiger partial charge in [-0.1, -0.05) is 35.7 Å². The van der Waals surface area contributed by atoms with Gasteiger partial charge >= 0.3 is 0 Å². The fraction of sp³-hybridized carbons (Fsp3) is 0.0909. The minimum absolute atomic E-state index is 0.430. The molecule has 3 N–H and O–H groups in total. The summed E-state index contributed by atoms with van der Waals surface area (Å²) < 4.78 is 1.91. The van der Waals surface area contributed by atoms with Gasteiger partial charge in [0.2, 0.25) is 0 Å². The standard InChI is InChI=1S/C11H9N5S.C6H6N2OS.C5H7N3/c1-17-11-12-6-5-8(13-11)10-15-14-9-4-2-3-7-16(9)10;1-10-6-7-3-2-5(4-9)8-6;6-8-5-3-1-2-4-7-5/h2-7H,1H3;2-4H,1H3;1-4H,6H2,(H,7,8). The third kappa shape index (κ3) is 7.53. The molecule has 5 rings (SSSR count). The van der Waals surface area contributed by atoms with Crippen LogP contribution < -0.4 is 11.3 Å². The van der Waals surface area contributed by atoms with Gasteiger partial charge in [0.1, 0.15) is 17.2 Å². The lowest BCUT2D eigenvalue weighted by atomic mass is 10.4. The molecule has 11 nitrogen and oxygen atoms in total. The highest BCUT2D eigenvalue weighted by Crippen LogP contribution is 2.17. The molecule has 0 spiro atoms. The third-order valence-corrected chi connectivity index (χ3v) is 5.25. The van der Waals surface area contributed by atoms with E-state index >= 15 is 0 Å². The SMILES string of the molecule is CSc1nccc(-c2nnc3ccccn23)n1.CSc1nccc(C=O)n1.NNc1ccccn1. The molecule has 0 atom stereocenters. The molecule has 0 amide bonds. The van der Waals surface area contributed by atoms with Crippen molar-refractivity contribution in [1.29, 1.82) is 0 Å². The fourth-order valence-corrected chi connectivity index (χ4v) is 3.26. The second kappa shape index (κ2) is 13.7. The number of aldehydes is 1. The molecule has 5 heterocycles. The molecule has 5 aromatic heterocycles. The van der Waals surface area contributed by atoms with Gasteiger partial charge in [-0.15, -0.1) is 10.2 Å². The number of pyridine rings is 2. The first kappa shape index (κ1) is 25.7. The number of nitrogens with zero attached hydrogens (tertiary/aromatic N) is 8. The van der Waals surface area contributed by atoms with Crippen LogP contribution in [0.2, 0.25) is 0 Å². The van der Waals surface area contributed by atoms with E-state index in [9.17, 15) is 4.79 Å². The minimum atomic E-state index is 0.430. The van der Waals surface area contributed by atoms with E-state index in [4.69, 9.17) is 5.84 Å². The average molecular weight is 507 g/mol.